The molecule has 110 valence electrons. The van der Waals surface area contributed by atoms with E-state index >= 15 is 0 Å². The molecule has 0 saturated heterocycles. The molecule has 1 aliphatic rings. The summed E-state index contributed by atoms with van der Waals surface area (Å²) in [6, 6.07) is -0.870. The molecule has 0 aromatic rings. The Morgan fingerprint density at radius 3 is 2.21 bits per heavy atom. The van der Waals surface area contributed by atoms with Crippen LogP contribution in [0.4, 0.5) is 0 Å². The van der Waals surface area contributed by atoms with Crippen molar-refractivity contribution in [3.8, 4) is 0 Å². The molecular weight excluding hydrogens is 244 g/mol. The van der Waals surface area contributed by atoms with Crippen LogP contribution in [0.3, 0.4) is 0 Å². The molecule has 3 N–H and O–H groups in total. The second-order valence-electron chi connectivity index (χ2n) is 5.76. The molecule has 2 unspecified atom stereocenters. The molecule has 2 amide bonds. The number of carbonyl (C=O) groups excluding carboxylic acids is 2. The first-order valence-electron chi connectivity index (χ1n) is 7.13. The van der Waals surface area contributed by atoms with Gasteiger partial charge in [-0.2, -0.15) is 0 Å². The third-order valence-electron chi connectivity index (χ3n) is 4.00. The molecule has 1 rings (SSSR count). The standard InChI is InChI=1S/C14H26N2O3/c1-5-14(4,6-2)16-13(19)11(9(3)17)15-12(18)10-7-8-10/h9-11,17H,5-8H2,1-4H3,(H,15,18)(H,16,19). The maximum Gasteiger partial charge on any atom is 0.245 e. The summed E-state index contributed by atoms with van der Waals surface area (Å²) < 4.78 is 0. The van der Waals surface area contributed by atoms with Crippen molar-refractivity contribution in [2.45, 2.75) is 71.1 Å². The summed E-state index contributed by atoms with van der Waals surface area (Å²) in [6.45, 7) is 7.49. The van der Waals surface area contributed by atoms with Gasteiger partial charge in [0.2, 0.25) is 11.8 Å². The van der Waals surface area contributed by atoms with Crippen molar-refractivity contribution in [1.82, 2.24) is 10.6 Å². The fraction of sp³-hybridized carbons (Fsp3) is 0.857. The van der Waals surface area contributed by atoms with Gasteiger partial charge in [-0.25, -0.2) is 0 Å². The molecule has 0 aromatic heterocycles. The molecule has 2 atom stereocenters. The van der Waals surface area contributed by atoms with E-state index in [0.29, 0.717) is 0 Å². The normalized spacial score (nSPS) is 18.6. The average Bonchev–Trinajstić information content (AvgIpc) is 3.19. The minimum atomic E-state index is -0.902. The van der Waals surface area contributed by atoms with Crippen LogP contribution in [0, 0.1) is 5.92 Å². The third-order valence-corrected chi connectivity index (χ3v) is 4.00. The Hall–Kier alpha value is -1.10. The van der Waals surface area contributed by atoms with Crippen LogP contribution in [0.1, 0.15) is 53.4 Å². The summed E-state index contributed by atoms with van der Waals surface area (Å²) in [7, 11) is 0. The zero-order chi connectivity index (χ0) is 14.6. The number of carbonyl (C=O) groups is 2. The van der Waals surface area contributed by atoms with E-state index in [9.17, 15) is 14.7 Å². The number of hydrogen-bond donors (Lipinski definition) is 3. The SMILES string of the molecule is CCC(C)(CC)NC(=O)C(NC(=O)C1CC1)C(C)O. The molecule has 1 aliphatic carbocycles. The van der Waals surface area contributed by atoms with Crippen molar-refractivity contribution in [2.24, 2.45) is 5.92 Å². The number of aliphatic hydroxyl groups is 1. The van der Waals surface area contributed by atoms with Gasteiger partial charge in [0, 0.05) is 11.5 Å². The number of aliphatic hydroxyl groups excluding tert-OH is 1. The zero-order valence-corrected chi connectivity index (χ0v) is 12.3. The topological polar surface area (TPSA) is 78.4 Å². The summed E-state index contributed by atoms with van der Waals surface area (Å²) in [5, 5.41) is 15.3. The van der Waals surface area contributed by atoms with Crippen molar-refractivity contribution < 1.29 is 14.7 Å². The number of rotatable bonds is 7. The molecule has 1 saturated carbocycles. The summed E-state index contributed by atoms with van der Waals surface area (Å²) in [4.78, 5) is 23.9. The second-order valence-corrected chi connectivity index (χ2v) is 5.76. The summed E-state index contributed by atoms with van der Waals surface area (Å²) in [5.74, 6) is -0.413. The van der Waals surface area contributed by atoms with Gasteiger partial charge in [0.15, 0.2) is 0 Å². The van der Waals surface area contributed by atoms with E-state index in [2.05, 4.69) is 10.6 Å². The lowest BCUT2D eigenvalue weighted by atomic mass is 9.94. The molecule has 0 spiro atoms. The van der Waals surface area contributed by atoms with Crippen LogP contribution < -0.4 is 10.6 Å². The van der Waals surface area contributed by atoms with E-state index in [4.69, 9.17) is 0 Å². The highest BCUT2D eigenvalue weighted by Gasteiger charge is 2.35. The van der Waals surface area contributed by atoms with Gasteiger partial charge in [-0.3, -0.25) is 9.59 Å². The average molecular weight is 270 g/mol. The first kappa shape index (κ1) is 16.0. The number of hydrogen-bond acceptors (Lipinski definition) is 3. The lowest BCUT2D eigenvalue weighted by Gasteiger charge is -2.31. The van der Waals surface area contributed by atoms with Gasteiger partial charge >= 0.3 is 0 Å². The van der Waals surface area contributed by atoms with Crippen LogP contribution in [0.15, 0.2) is 0 Å². The van der Waals surface area contributed by atoms with E-state index in [1.165, 1.54) is 6.92 Å². The van der Waals surface area contributed by atoms with Crippen LogP contribution in [0.5, 0.6) is 0 Å². The lowest BCUT2D eigenvalue weighted by molar-refractivity contribution is -0.133. The molecule has 5 heteroatoms. The van der Waals surface area contributed by atoms with Gasteiger partial charge in [-0.15, -0.1) is 0 Å². The maximum atomic E-state index is 12.2. The molecule has 5 nitrogen and oxygen atoms in total. The predicted octanol–water partition coefficient (Wildman–Crippen LogP) is 0.957. The van der Waals surface area contributed by atoms with Gasteiger partial charge < -0.3 is 15.7 Å². The van der Waals surface area contributed by atoms with Gasteiger partial charge in [-0.1, -0.05) is 13.8 Å². The highest BCUT2D eigenvalue weighted by atomic mass is 16.3. The molecule has 0 bridgehead atoms. The minimum Gasteiger partial charge on any atom is -0.391 e. The van der Waals surface area contributed by atoms with Crippen LogP contribution >= 0.6 is 0 Å². The Balaban J connectivity index is 2.64. The molecule has 0 aromatic carbocycles. The van der Waals surface area contributed by atoms with Crippen molar-refractivity contribution >= 4 is 11.8 Å². The molecular formula is C14H26N2O3. The molecule has 1 fully saturated rings. The quantitative estimate of drug-likeness (QED) is 0.644. The van der Waals surface area contributed by atoms with Gasteiger partial charge in [-0.05, 0) is 39.5 Å². The van der Waals surface area contributed by atoms with E-state index < -0.39 is 12.1 Å². The number of amides is 2. The summed E-state index contributed by atoms with van der Waals surface area (Å²) in [5.41, 5.74) is -0.297. The molecule has 0 aliphatic heterocycles. The molecule has 19 heavy (non-hydrogen) atoms. The summed E-state index contributed by atoms with van der Waals surface area (Å²) >= 11 is 0. The Kier molecular flexibility index (Phi) is 5.35. The second kappa shape index (κ2) is 6.37. The van der Waals surface area contributed by atoms with Gasteiger partial charge in [0.05, 0.1) is 6.10 Å². The van der Waals surface area contributed by atoms with Crippen LogP contribution in [-0.4, -0.2) is 34.6 Å². The first-order chi connectivity index (χ1) is 8.83. The molecule has 0 heterocycles. The van der Waals surface area contributed by atoms with Crippen molar-refractivity contribution in [1.29, 1.82) is 0 Å². The minimum absolute atomic E-state index is 0.0257. The Labute approximate surface area is 115 Å². The lowest BCUT2D eigenvalue weighted by Crippen LogP contribution is -2.57. The maximum absolute atomic E-state index is 12.2. The Bertz CT molecular complexity index is 334. The summed E-state index contributed by atoms with van der Waals surface area (Å²) in [6.07, 6.45) is 2.46. The van der Waals surface area contributed by atoms with Crippen molar-refractivity contribution in [3.05, 3.63) is 0 Å². The van der Waals surface area contributed by atoms with Crippen molar-refractivity contribution in [2.75, 3.05) is 0 Å². The van der Waals surface area contributed by atoms with Crippen LogP contribution in [0.25, 0.3) is 0 Å². The smallest absolute Gasteiger partial charge is 0.245 e. The van der Waals surface area contributed by atoms with E-state index in [-0.39, 0.29) is 23.3 Å². The van der Waals surface area contributed by atoms with Crippen molar-refractivity contribution in [3.63, 3.8) is 0 Å². The number of nitrogens with one attached hydrogen (secondary N) is 2. The first-order valence-corrected chi connectivity index (χ1v) is 7.13. The highest BCUT2D eigenvalue weighted by Crippen LogP contribution is 2.29. The predicted molar refractivity (Wildman–Crippen MR) is 73.5 cm³/mol. The highest BCUT2D eigenvalue weighted by molar-refractivity contribution is 5.90. The monoisotopic (exact) mass is 270 g/mol. The van der Waals surface area contributed by atoms with E-state index in [1.807, 2.05) is 20.8 Å². The Morgan fingerprint density at radius 1 is 1.32 bits per heavy atom. The van der Waals surface area contributed by atoms with E-state index in [0.717, 1.165) is 25.7 Å². The Morgan fingerprint density at radius 2 is 1.84 bits per heavy atom. The largest absolute Gasteiger partial charge is 0.391 e. The van der Waals surface area contributed by atoms with Gasteiger partial charge in [0.25, 0.3) is 0 Å². The fourth-order valence-electron chi connectivity index (χ4n) is 1.82. The molecule has 0 radical (unpaired) electrons. The van der Waals surface area contributed by atoms with Crippen LogP contribution in [-0.2, 0) is 9.59 Å². The van der Waals surface area contributed by atoms with E-state index in [1.54, 1.807) is 0 Å². The van der Waals surface area contributed by atoms with Gasteiger partial charge in [0.1, 0.15) is 6.04 Å². The zero-order valence-electron chi connectivity index (χ0n) is 12.3. The van der Waals surface area contributed by atoms with Crippen LogP contribution in [0.2, 0.25) is 0 Å². The third kappa shape index (κ3) is 4.49. The fourth-order valence-corrected chi connectivity index (χ4v) is 1.82.